The number of aliphatic carboxylic acids is 1. The van der Waals surface area contributed by atoms with Crippen LogP contribution in [0.5, 0.6) is 5.75 Å². The second kappa shape index (κ2) is 7.83. The van der Waals surface area contributed by atoms with Crippen molar-refractivity contribution in [3.05, 3.63) is 59.7 Å². The summed E-state index contributed by atoms with van der Waals surface area (Å²) in [5.74, 6) is 0.532. The van der Waals surface area contributed by atoms with Crippen molar-refractivity contribution in [3.8, 4) is 5.75 Å². The number of ether oxygens (including phenoxy) is 1. The van der Waals surface area contributed by atoms with Crippen molar-refractivity contribution in [1.82, 2.24) is 0 Å². The van der Waals surface area contributed by atoms with Gasteiger partial charge in [-0.15, -0.1) is 11.8 Å². The molecule has 2 N–H and O–H groups in total. The van der Waals surface area contributed by atoms with Crippen LogP contribution < -0.4 is 10.1 Å². The number of thioether (sulfide) groups is 1. The van der Waals surface area contributed by atoms with Gasteiger partial charge in [-0.3, -0.25) is 9.59 Å². The zero-order valence-electron chi connectivity index (χ0n) is 14.5. The first-order valence-electron chi connectivity index (χ1n) is 8.38. The lowest BCUT2D eigenvalue weighted by Gasteiger charge is -2.18. The van der Waals surface area contributed by atoms with Gasteiger partial charge >= 0.3 is 5.97 Å². The number of benzene rings is 2. The van der Waals surface area contributed by atoms with Crippen LogP contribution in [0.3, 0.4) is 0 Å². The van der Waals surface area contributed by atoms with E-state index in [1.165, 1.54) is 11.8 Å². The van der Waals surface area contributed by atoms with E-state index < -0.39 is 11.4 Å². The van der Waals surface area contributed by atoms with E-state index in [2.05, 4.69) is 5.32 Å². The van der Waals surface area contributed by atoms with Crippen LogP contribution in [0.15, 0.2) is 48.5 Å². The van der Waals surface area contributed by atoms with E-state index in [1.54, 1.807) is 7.11 Å². The molecule has 0 spiro atoms. The van der Waals surface area contributed by atoms with Crippen LogP contribution in [0.1, 0.15) is 24.0 Å². The molecule has 26 heavy (non-hydrogen) atoms. The number of anilines is 1. The summed E-state index contributed by atoms with van der Waals surface area (Å²) in [5, 5.41) is 11.7. The number of carboxylic acid groups (broad SMARTS) is 1. The molecule has 1 amide bonds. The molecular weight excluding hydrogens is 350 g/mol. The molecule has 136 valence electrons. The number of carbonyl (C=O) groups excluding carboxylic acids is 1. The molecule has 5 nitrogen and oxygen atoms in total. The molecule has 2 aromatic carbocycles. The Morgan fingerprint density at radius 1 is 1.19 bits per heavy atom. The highest BCUT2D eigenvalue weighted by atomic mass is 32.2. The number of carboxylic acids is 1. The zero-order chi connectivity index (χ0) is 18.6. The number of carbonyl (C=O) groups is 2. The maximum Gasteiger partial charge on any atom is 0.313 e. The number of hydrogen-bond donors (Lipinski definition) is 2. The van der Waals surface area contributed by atoms with Crippen molar-refractivity contribution in [2.24, 2.45) is 0 Å². The van der Waals surface area contributed by atoms with Crippen molar-refractivity contribution < 1.29 is 19.4 Å². The summed E-state index contributed by atoms with van der Waals surface area (Å²) in [4.78, 5) is 23.5. The Hall–Kier alpha value is -2.47. The number of methoxy groups -OCH3 is 1. The standard InChI is InChI=1S/C20H21NO4S/c1-25-17-8-3-2-7-16(17)20(9-10-20)19(24)21-15-6-4-5-14(11-15)12-26-13-18(22)23/h2-8,11H,9-10,12-13H2,1H3,(H,21,24)(H,22,23). The maximum absolute atomic E-state index is 12.9. The molecule has 0 radical (unpaired) electrons. The Morgan fingerprint density at radius 3 is 2.65 bits per heavy atom. The smallest absolute Gasteiger partial charge is 0.313 e. The molecule has 0 atom stereocenters. The summed E-state index contributed by atoms with van der Waals surface area (Å²) >= 11 is 1.33. The molecule has 0 saturated heterocycles. The van der Waals surface area contributed by atoms with Crippen molar-refractivity contribution in [3.63, 3.8) is 0 Å². The topological polar surface area (TPSA) is 75.6 Å². The lowest BCUT2D eigenvalue weighted by Crippen LogP contribution is -2.28. The molecule has 1 aliphatic rings. The van der Waals surface area contributed by atoms with Gasteiger partial charge in [0.2, 0.25) is 5.91 Å². The minimum Gasteiger partial charge on any atom is -0.496 e. The average molecular weight is 371 g/mol. The van der Waals surface area contributed by atoms with Crippen LogP contribution in [0.4, 0.5) is 5.69 Å². The summed E-state index contributed by atoms with van der Waals surface area (Å²) in [6.07, 6.45) is 1.60. The molecule has 0 aromatic heterocycles. The van der Waals surface area contributed by atoms with Crippen molar-refractivity contribution >= 4 is 29.3 Å². The predicted molar refractivity (Wildman–Crippen MR) is 103 cm³/mol. The molecule has 1 fully saturated rings. The average Bonchev–Trinajstić information content (AvgIpc) is 3.43. The minimum absolute atomic E-state index is 0.0302. The summed E-state index contributed by atoms with van der Waals surface area (Å²) < 4.78 is 5.42. The Morgan fingerprint density at radius 2 is 1.96 bits per heavy atom. The fraction of sp³-hybridized carbons (Fsp3) is 0.300. The molecule has 3 rings (SSSR count). The Balaban J connectivity index is 1.71. The van der Waals surface area contributed by atoms with Gasteiger partial charge in [-0.25, -0.2) is 0 Å². The molecular formula is C20H21NO4S. The predicted octanol–water partition coefficient (Wildman–Crippen LogP) is 3.68. The number of hydrogen-bond acceptors (Lipinski definition) is 4. The Bertz CT molecular complexity index is 817. The summed E-state index contributed by atoms with van der Waals surface area (Å²) in [7, 11) is 1.62. The van der Waals surface area contributed by atoms with E-state index >= 15 is 0 Å². The van der Waals surface area contributed by atoms with Gasteiger partial charge in [0.05, 0.1) is 18.3 Å². The summed E-state index contributed by atoms with van der Waals surface area (Å²) in [6, 6.07) is 15.2. The lowest BCUT2D eigenvalue weighted by atomic mass is 9.94. The van der Waals surface area contributed by atoms with E-state index in [0.29, 0.717) is 5.75 Å². The van der Waals surface area contributed by atoms with Gasteiger partial charge in [0.15, 0.2) is 0 Å². The highest BCUT2D eigenvalue weighted by Crippen LogP contribution is 2.51. The molecule has 0 aliphatic heterocycles. The van der Waals surface area contributed by atoms with E-state index in [4.69, 9.17) is 9.84 Å². The Kier molecular flexibility index (Phi) is 5.52. The van der Waals surface area contributed by atoms with Gasteiger partial charge in [0.1, 0.15) is 5.75 Å². The van der Waals surface area contributed by atoms with Gasteiger partial charge in [0, 0.05) is 17.0 Å². The lowest BCUT2D eigenvalue weighted by molar-refractivity contribution is -0.133. The molecule has 0 unspecified atom stereocenters. The normalized spacial score (nSPS) is 14.5. The number of amides is 1. The summed E-state index contributed by atoms with van der Waals surface area (Å²) in [5.41, 5.74) is 2.11. The minimum atomic E-state index is -0.827. The first-order chi connectivity index (χ1) is 12.5. The van der Waals surface area contributed by atoms with Crippen molar-refractivity contribution in [2.75, 3.05) is 18.2 Å². The first-order valence-corrected chi connectivity index (χ1v) is 9.54. The van der Waals surface area contributed by atoms with E-state index in [0.717, 1.165) is 35.4 Å². The monoisotopic (exact) mass is 371 g/mol. The molecule has 0 bridgehead atoms. The first kappa shape index (κ1) is 18.3. The van der Waals surface area contributed by atoms with Gasteiger partial charge in [0.25, 0.3) is 0 Å². The van der Waals surface area contributed by atoms with Crippen LogP contribution in [-0.2, 0) is 20.8 Å². The van der Waals surface area contributed by atoms with Gasteiger partial charge in [-0.05, 0) is 36.6 Å². The van der Waals surface area contributed by atoms with E-state index in [1.807, 2.05) is 48.5 Å². The third-order valence-corrected chi connectivity index (χ3v) is 5.47. The second-order valence-corrected chi connectivity index (χ2v) is 7.31. The number of rotatable bonds is 8. The molecule has 0 heterocycles. The molecule has 1 saturated carbocycles. The third kappa shape index (κ3) is 4.02. The van der Waals surface area contributed by atoms with Gasteiger partial charge < -0.3 is 15.2 Å². The van der Waals surface area contributed by atoms with E-state index in [-0.39, 0.29) is 11.7 Å². The van der Waals surface area contributed by atoms with Crippen LogP contribution in [0, 0.1) is 0 Å². The molecule has 2 aromatic rings. The van der Waals surface area contributed by atoms with Gasteiger partial charge in [-0.2, -0.15) is 0 Å². The van der Waals surface area contributed by atoms with Crippen LogP contribution in [-0.4, -0.2) is 29.8 Å². The van der Waals surface area contributed by atoms with Crippen molar-refractivity contribution in [2.45, 2.75) is 24.0 Å². The SMILES string of the molecule is COc1ccccc1C1(C(=O)Nc2cccc(CSCC(=O)O)c2)CC1. The number of nitrogens with one attached hydrogen (secondary N) is 1. The largest absolute Gasteiger partial charge is 0.496 e. The van der Waals surface area contributed by atoms with Gasteiger partial charge in [-0.1, -0.05) is 30.3 Å². The van der Waals surface area contributed by atoms with E-state index in [9.17, 15) is 9.59 Å². The maximum atomic E-state index is 12.9. The summed E-state index contributed by atoms with van der Waals surface area (Å²) in [6.45, 7) is 0. The molecule has 6 heteroatoms. The highest BCUT2D eigenvalue weighted by molar-refractivity contribution is 7.99. The fourth-order valence-corrected chi connectivity index (χ4v) is 3.72. The molecule has 1 aliphatic carbocycles. The zero-order valence-corrected chi connectivity index (χ0v) is 15.3. The highest BCUT2D eigenvalue weighted by Gasteiger charge is 2.52. The van der Waals surface area contributed by atoms with Crippen LogP contribution >= 0.6 is 11.8 Å². The fourth-order valence-electron chi connectivity index (χ4n) is 3.03. The van der Waals surface area contributed by atoms with Crippen molar-refractivity contribution in [1.29, 1.82) is 0 Å². The van der Waals surface area contributed by atoms with Crippen LogP contribution in [0.2, 0.25) is 0 Å². The van der Waals surface area contributed by atoms with Crippen LogP contribution in [0.25, 0.3) is 0 Å². The number of para-hydroxylation sites is 1. The second-order valence-electron chi connectivity index (χ2n) is 6.32. The Labute approximate surface area is 156 Å². The quantitative estimate of drug-likeness (QED) is 0.740. The third-order valence-electron chi connectivity index (χ3n) is 4.49.